The summed E-state index contributed by atoms with van der Waals surface area (Å²) in [5.74, 6) is 0.175. The molecule has 0 aliphatic heterocycles. The molecule has 1 atom stereocenters. The Bertz CT molecular complexity index is 337. The Morgan fingerprint density at radius 2 is 2.53 bits per heavy atom. The minimum Gasteiger partial charge on any atom is -0.409 e. The lowest BCUT2D eigenvalue weighted by atomic mass is 10.3. The number of oxime groups is 1. The van der Waals surface area contributed by atoms with Gasteiger partial charge >= 0.3 is 0 Å². The fourth-order valence-corrected chi connectivity index (χ4v) is 1.95. The Balaban J connectivity index is 2.49. The average Bonchev–Trinajstić information content (AvgIpc) is 2.73. The first-order valence-electron chi connectivity index (χ1n) is 4.81. The molecule has 0 aliphatic carbocycles. The van der Waals surface area contributed by atoms with Crippen molar-refractivity contribution in [3.8, 4) is 0 Å². The molecule has 0 amide bonds. The predicted octanol–water partition coefficient (Wildman–Crippen LogP) is 1.10. The van der Waals surface area contributed by atoms with Crippen molar-refractivity contribution in [2.24, 2.45) is 10.9 Å². The van der Waals surface area contributed by atoms with Gasteiger partial charge in [0.05, 0.1) is 12.6 Å². The molecule has 6 heteroatoms. The van der Waals surface area contributed by atoms with Crippen LogP contribution in [0.25, 0.3) is 0 Å². The van der Waals surface area contributed by atoms with Crippen molar-refractivity contribution in [3.63, 3.8) is 0 Å². The van der Waals surface area contributed by atoms with Gasteiger partial charge in [-0.15, -0.1) is 11.3 Å². The molecule has 1 aromatic heterocycles. The molecule has 0 aliphatic rings. The number of nitrogens with two attached hydrogens (primary N) is 1. The molecule has 5 nitrogen and oxygen atoms in total. The first-order valence-corrected chi connectivity index (χ1v) is 5.63. The van der Waals surface area contributed by atoms with Gasteiger partial charge in [-0.1, -0.05) is 12.1 Å². The Morgan fingerprint density at radius 1 is 1.80 bits per heavy atom. The van der Waals surface area contributed by atoms with E-state index in [1.54, 1.807) is 11.3 Å². The van der Waals surface area contributed by atoms with Gasteiger partial charge < -0.3 is 16.3 Å². The number of aryl methyl sites for hydroxylation is 1. The van der Waals surface area contributed by atoms with Crippen molar-refractivity contribution in [2.45, 2.75) is 26.3 Å². The Morgan fingerprint density at radius 3 is 3.07 bits per heavy atom. The van der Waals surface area contributed by atoms with E-state index in [4.69, 9.17) is 10.9 Å². The van der Waals surface area contributed by atoms with Crippen LogP contribution in [0, 0.1) is 0 Å². The van der Waals surface area contributed by atoms with Crippen LogP contribution in [-0.4, -0.2) is 22.6 Å². The van der Waals surface area contributed by atoms with E-state index in [1.165, 1.54) is 4.88 Å². The molecule has 0 aromatic carbocycles. The van der Waals surface area contributed by atoms with E-state index < -0.39 is 0 Å². The number of thiazole rings is 1. The van der Waals surface area contributed by atoms with E-state index in [2.05, 4.69) is 22.4 Å². The zero-order chi connectivity index (χ0) is 11.3. The lowest BCUT2D eigenvalue weighted by Gasteiger charge is -2.09. The van der Waals surface area contributed by atoms with Gasteiger partial charge in [-0.3, -0.25) is 0 Å². The van der Waals surface area contributed by atoms with Crippen molar-refractivity contribution in [2.75, 3.05) is 6.54 Å². The zero-order valence-electron chi connectivity index (χ0n) is 8.90. The van der Waals surface area contributed by atoms with Crippen molar-refractivity contribution in [1.29, 1.82) is 0 Å². The summed E-state index contributed by atoms with van der Waals surface area (Å²) in [5.41, 5.74) is 5.35. The highest BCUT2D eigenvalue weighted by Gasteiger charge is 2.09. The minimum absolute atomic E-state index is 0.121. The third kappa shape index (κ3) is 3.49. The first kappa shape index (κ1) is 11.9. The highest BCUT2D eigenvalue weighted by Crippen LogP contribution is 2.19. The van der Waals surface area contributed by atoms with Crippen LogP contribution in [0.4, 0.5) is 0 Å². The normalized spacial score (nSPS) is 14.1. The number of nitrogens with zero attached hydrogens (tertiary/aromatic N) is 2. The number of hydrogen-bond donors (Lipinski definition) is 3. The summed E-state index contributed by atoms with van der Waals surface area (Å²) in [7, 11) is 0. The molecule has 0 fully saturated rings. The summed E-state index contributed by atoms with van der Waals surface area (Å²) in [6.45, 7) is 4.47. The first-order chi connectivity index (χ1) is 7.17. The van der Waals surface area contributed by atoms with Crippen LogP contribution in [0.3, 0.4) is 0 Å². The van der Waals surface area contributed by atoms with Crippen LogP contribution in [0.5, 0.6) is 0 Å². The van der Waals surface area contributed by atoms with Gasteiger partial charge in [-0.05, 0) is 13.3 Å². The molecule has 1 heterocycles. The number of amidine groups is 1. The van der Waals surface area contributed by atoms with Gasteiger partial charge in [0.1, 0.15) is 5.01 Å². The van der Waals surface area contributed by atoms with Crippen molar-refractivity contribution < 1.29 is 5.21 Å². The topological polar surface area (TPSA) is 83.5 Å². The second kappa shape index (κ2) is 5.67. The third-order valence-corrected chi connectivity index (χ3v) is 3.33. The lowest BCUT2D eigenvalue weighted by Crippen LogP contribution is -2.30. The number of nitrogens with one attached hydrogen (secondary N) is 1. The smallest absolute Gasteiger partial charge is 0.153 e. The molecule has 84 valence electrons. The van der Waals surface area contributed by atoms with Gasteiger partial charge in [-0.25, -0.2) is 4.98 Å². The largest absolute Gasteiger partial charge is 0.409 e. The molecule has 15 heavy (non-hydrogen) atoms. The fraction of sp³-hybridized carbons (Fsp3) is 0.556. The van der Waals surface area contributed by atoms with Crippen LogP contribution in [0.2, 0.25) is 0 Å². The molecular formula is C9H16N4OS. The molecule has 0 saturated heterocycles. The molecule has 1 unspecified atom stereocenters. The highest BCUT2D eigenvalue weighted by molar-refractivity contribution is 7.11. The van der Waals surface area contributed by atoms with Gasteiger partial charge in [0, 0.05) is 11.1 Å². The van der Waals surface area contributed by atoms with E-state index in [-0.39, 0.29) is 11.9 Å². The lowest BCUT2D eigenvalue weighted by molar-refractivity contribution is 0.316. The minimum atomic E-state index is 0.121. The van der Waals surface area contributed by atoms with Crippen molar-refractivity contribution in [1.82, 2.24) is 10.3 Å². The van der Waals surface area contributed by atoms with Gasteiger partial charge in [0.25, 0.3) is 0 Å². The van der Waals surface area contributed by atoms with Crippen molar-refractivity contribution >= 4 is 17.2 Å². The van der Waals surface area contributed by atoms with Crippen LogP contribution < -0.4 is 11.1 Å². The maximum absolute atomic E-state index is 8.37. The van der Waals surface area contributed by atoms with E-state index in [0.717, 1.165) is 11.4 Å². The maximum atomic E-state index is 8.37. The van der Waals surface area contributed by atoms with Crippen molar-refractivity contribution in [3.05, 3.63) is 16.1 Å². The molecule has 0 spiro atoms. The summed E-state index contributed by atoms with van der Waals surface area (Å²) in [6.07, 6.45) is 2.90. The van der Waals surface area contributed by atoms with E-state index in [1.807, 2.05) is 13.1 Å². The molecule has 4 N–H and O–H groups in total. The van der Waals surface area contributed by atoms with E-state index >= 15 is 0 Å². The van der Waals surface area contributed by atoms with Crippen LogP contribution >= 0.6 is 11.3 Å². The number of aromatic nitrogens is 1. The molecule has 0 radical (unpaired) electrons. The van der Waals surface area contributed by atoms with Crippen LogP contribution in [-0.2, 0) is 6.42 Å². The quantitative estimate of drug-likeness (QED) is 0.305. The Kier molecular flexibility index (Phi) is 4.51. The monoisotopic (exact) mass is 228 g/mol. The second-order valence-corrected chi connectivity index (χ2v) is 4.36. The molecule has 1 aromatic rings. The highest BCUT2D eigenvalue weighted by atomic mass is 32.1. The Labute approximate surface area is 93.0 Å². The second-order valence-electron chi connectivity index (χ2n) is 3.21. The average molecular weight is 228 g/mol. The summed E-state index contributed by atoms with van der Waals surface area (Å²) in [5, 5.41) is 15.4. The van der Waals surface area contributed by atoms with Gasteiger partial charge in [0.2, 0.25) is 0 Å². The summed E-state index contributed by atoms with van der Waals surface area (Å²) in [4.78, 5) is 5.57. The number of rotatable bonds is 5. The molecule has 0 saturated carbocycles. The SMILES string of the molecule is CCc1cnc(C(C)NCC(N)=NO)s1. The van der Waals surface area contributed by atoms with E-state index in [9.17, 15) is 0 Å². The Hall–Kier alpha value is -1.14. The molecular weight excluding hydrogens is 212 g/mol. The standard InChI is InChI=1S/C9H16N4OS/c1-3-7-4-12-9(15-7)6(2)11-5-8(10)13-14/h4,6,11,14H,3,5H2,1-2H3,(H2,10,13). The summed E-state index contributed by atoms with van der Waals surface area (Å²) >= 11 is 1.68. The number of hydrogen-bond acceptors (Lipinski definition) is 5. The molecule has 1 rings (SSSR count). The zero-order valence-corrected chi connectivity index (χ0v) is 9.71. The van der Waals surface area contributed by atoms with E-state index in [0.29, 0.717) is 6.54 Å². The fourth-order valence-electron chi connectivity index (χ4n) is 1.07. The summed E-state index contributed by atoms with van der Waals surface area (Å²) in [6, 6.07) is 0.121. The maximum Gasteiger partial charge on any atom is 0.153 e. The third-order valence-electron chi connectivity index (χ3n) is 2.01. The van der Waals surface area contributed by atoms with Gasteiger partial charge in [-0.2, -0.15) is 0 Å². The van der Waals surface area contributed by atoms with Crippen LogP contribution in [0.15, 0.2) is 11.4 Å². The summed E-state index contributed by atoms with van der Waals surface area (Å²) < 4.78 is 0. The predicted molar refractivity (Wildman–Crippen MR) is 61.3 cm³/mol. The molecule has 0 bridgehead atoms. The van der Waals surface area contributed by atoms with Crippen LogP contribution in [0.1, 0.15) is 29.8 Å². The van der Waals surface area contributed by atoms with Gasteiger partial charge in [0.15, 0.2) is 5.84 Å².